The summed E-state index contributed by atoms with van der Waals surface area (Å²) < 4.78 is 0. The van der Waals surface area contributed by atoms with E-state index in [4.69, 9.17) is 0 Å². The van der Waals surface area contributed by atoms with Gasteiger partial charge >= 0.3 is 0 Å². The lowest BCUT2D eigenvalue weighted by atomic mass is 10.0. The molecule has 3 rings (SSSR count). The van der Waals surface area contributed by atoms with Gasteiger partial charge in [0.2, 0.25) is 5.78 Å². The van der Waals surface area contributed by atoms with E-state index in [9.17, 15) is 9.59 Å². The lowest BCUT2D eigenvalue weighted by Crippen LogP contribution is -3.12. The van der Waals surface area contributed by atoms with E-state index in [1.165, 1.54) is 0 Å². The van der Waals surface area contributed by atoms with Crippen LogP contribution in [0.25, 0.3) is 10.9 Å². The van der Waals surface area contributed by atoms with Gasteiger partial charge in [-0.2, -0.15) is 0 Å². The molecule has 1 heterocycles. The zero-order valence-electron chi connectivity index (χ0n) is 15.3. The Hall–Kier alpha value is -2.92. The van der Waals surface area contributed by atoms with E-state index in [2.05, 4.69) is 10.3 Å². The molecule has 3 aromatic rings. The zero-order valence-corrected chi connectivity index (χ0v) is 15.3. The van der Waals surface area contributed by atoms with Crippen molar-refractivity contribution in [2.75, 3.05) is 14.1 Å². The van der Waals surface area contributed by atoms with E-state index in [1.807, 2.05) is 62.5 Å². The Kier molecular flexibility index (Phi) is 5.19. The van der Waals surface area contributed by atoms with E-state index in [-0.39, 0.29) is 17.7 Å². The van der Waals surface area contributed by atoms with Crippen molar-refractivity contribution in [3.63, 3.8) is 0 Å². The molecule has 1 aromatic heterocycles. The van der Waals surface area contributed by atoms with Crippen LogP contribution < -0.4 is 10.2 Å². The van der Waals surface area contributed by atoms with E-state index >= 15 is 0 Å². The van der Waals surface area contributed by atoms with Crippen LogP contribution in [-0.2, 0) is 6.54 Å². The summed E-state index contributed by atoms with van der Waals surface area (Å²) in [6.45, 7) is 2.67. The lowest BCUT2D eigenvalue weighted by Gasteiger charge is -2.20. The molecule has 0 fully saturated rings. The van der Waals surface area contributed by atoms with Gasteiger partial charge in [-0.15, -0.1) is 0 Å². The minimum atomic E-state index is -0.173. The Balaban J connectivity index is 1.72. The van der Waals surface area contributed by atoms with Gasteiger partial charge in [-0.1, -0.05) is 30.3 Å². The molecule has 0 saturated carbocycles. The SMILES string of the molecule is CNC(=O)c1ccc(C[NH+](C)[C@@H](C)C(=O)c2c[nH]c3ccccc23)cc1. The maximum absolute atomic E-state index is 12.9. The topological polar surface area (TPSA) is 66.4 Å². The van der Waals surface area contributed by atoms with Crippen LogP contribution in [0.4, 0.5) is 0 Å². The Morgan fingerprint density at radius 1 is 1.12 bits per heavy atom. The third-order valence-corrected chi connectivity index (χ3v) is 4.91. The summed E-state index contributed by atoms with van der Waals surface area (Å²) in [5.41, 5.74) is 3.44. The molecule has 0 aliphatic rings. The van der Waals surface area contributed by atoms with Gasteiger partial charge in [-0.05, 0) is 25.1 Å². The summed E-state index contributed by atoms with van der Waals surface area (Å²) >= 11 is 0. The highest BCUT2D eigenvalue weighted by atomic mass is 16.1. The monoisotopic (exact) mass is 350 g/mol. The highest BCUT2D eigenvalue weighted by Gasteiger charge is 2.25. The van der Waals surface area contributed by atoms with Gasteiger partial charge in [-0.25, -0.2) is 0 Å². The first-order valence-electron chi connectivity index (χ1n) is 8.75. The minimum Gasteiger partial charge on any atom is -0.360 e. The van der Waals surface area contributed by atoms with Gasteiger partial charge in [0.05, 0.1) is 7.05 Å². The number of rotatable bonds is 6. The lowest BCUT2D eigenvalue weighted by molar-refractivity contribution is -0.907. The van der Waals surface area contributed by atoms with Gasteiger partial charge in [0.25, 0.3) is 5.91 Å². The second kappa shape index (κ2) is 7.54. The molecule has 0 aliphatic carbocycles. The van der Waals surface area contributed by atoms with Gasteiger partial charge in [-0.3, -0.25) is 9.59 Å². The first-order chi connectivity index (χ1) is 12.5. The summed E-state index contributed by atoms with van der Waals surface area (Å²) in [7, 11) is 3.64. The average molecular weight is 350 g/mol. The summed E-state index contributed by atoms with van der Waals surface area (Å²) in [4.78, 5) is 28.8. The Morgan fingerprint density at radius 2 is 1.81 bits per heavy atom. The number of hydrogen-bond acceptors (Lipinski definition) is 2. The van der Waals surface area contributed by atoms with E-state index in [0.717, 1.165) is 26.9 Å². The van der Waals surface area contributed by atoms with Crippen molar-refractivity contribution >= 4 is 22.6 Å². The van der Waals surface area contributed by atoms with Crippen molar-refractivity contribution in [1.82, 2.24) is 10.3 Å². The van der Waals surface area contributed by atoms with Crippen LogP contribution in [0.5, 0.6) is 0 Å². The Labute approximate surface area is 153 Å². The van der Waals surface area contributed by atoms with E-state index < -0.39 is 0 Å². The number of ketones is 1. The van der Waals surface area contributed by atoms with Crippen molar-refractivity contribution in [1.29, 1.82) is 0 Å². The van der Waals surface area contributed by atoms with Crippen molar-refractivity contribution in [2.45, 2.75) is 19.5 Å². The average Bonchev–Trinajstić information content (AvgIpc) is 3.10. The fourth-order valence-corrected chi connectivity index (χ4v) is 3.13. The number of carbonyl (C=O) groups excluding carboxylic acids is 2. The van der Waals surface area contributed by atoms with Crippen LogP contribution in [0.3, 0.4) is 0 Å². The Morgan fingerprint density at radius 3 is 2.50 bits per heavy atom. The number of quaternary nitrogens is 1. The second-order valence-corrected chi connectivity index (χ2v) is 6.63. The summed E-state index contributed by atoms with van der Waals surface area (Å²) in [6.07, 6.45) is 1.80. The summed E-state index contributed by atoms with van der Waals surface area (Å²) in [6, 6.07) is 15.2. The summed E-state index contributed by atoms with van der Waals surface area (Å²) in [5, 5.41) is 3.58. The van der Waals surface area contributed by atoms with Crippen molar-refractivity contribution in [2.24, 2.45) is 0 Å². The predicted octanol–water partition coefficient (Wildman–Crippen LogP) is 1.81. The molecule has 2 aromatic carbocycles. The number of Topliss-reactive ketones (excluding diaryl/α,β-unsaturated/α-hetero) is 1. The van der Waals surface area contributed by atoms with Gasteiger partial charge in [0, 0.05) is 40.8 Å². The molecule has 0 saturated heterocycles. The van der Waals surface area contributed by atoms with Crippen LogP contribution in [0.1, 0.15) is 33.2 Å². The fourth-order valence-electron chi connectivity index (χ4n) is 3.13. The zero-order chi connectivity index (χ0) is 18.7. The molecule has 3 N–H and O–H groups in total. The summed E-state index contributed by atoms with van der Waals surface area (Å²) in [5.74, 6) is 0.0297. The second-order valence-electron chi connectivity index (χ2n) is 6.63. The molecule has 134 valence electrons. The van der Waals surface area contributed by atoms with Gasteiger partial charge in [0.1, 0.15) is 12.6 Å². The highest BCUT2D eigenvalue weighted by Crippen LogP contribution is 2.18. The van der Waals surface area contributed by atoms with E-state index in [1.54, 1.807) is 13.2 Å². The molecule has 26 heavy (non-hydrogen) atoms. The third-order valence-electron chi connectivity index (χ3n) is 4.91. The molecular weight excluding hydrogens is 326 g/mol. The number of carbonyl (C=O) groups is 2. The maximum atomic E-state index is 12.9. The van der Waals surface area contributed by atoms with Crippen molar-refractivity contribution < 1.29 is 14.5 Å². The van der Waals surface area contributed by atoms with Gasteiger partial charge < -0.3 is 15.2 Å². The standard InChI is InChI=1S/C21H23N3O2/c1-14(20(25)18-12-23-19-7-5-4-6-17(18)19)24(3)13-15-8-10-16(11-9-15)21(26)22-2/h4-12,14,23H,13H2,1-3H3,(H,22,26)/p+1/t14-/m0/s1. The maximum Gasteiger partial charge on any atom is 0.251 e. The first kappa shape index (κ1) is 17.9. The van der Waals surface area contributed by atoms with E-state index in [0.29, 0.717) is 12.1 Å². The molecule has 5 nitrogen and oxygen atoms in total. The highest BCUT2D eigenvalue weighted by molar-refractivity contribution is 6.09. The number of benzene rings is 2. The quantitative estimate of drug-likeness (QED) is 0.594. The molecule has 0 spiro atoms. The minimum absolute atomic E-state index is 0.0971. The molecule has 5 heteroatoms. The predicted molar refractivity (Wildman–Crippen MR) is 103 cm³/mol. The number of para-hydroxylation sites is 1. The molecule has 0 aliphatic heterocycles. The molecule has 0 radical (unpaired) electrons. The number of likely N-dealkylation sites (N-methyl/N-ethyl adjacent to an activating group) is 1. The molecule has 1 unspecified atom stereocenters. The van der Waals surface area contributed by atoms with Crippen LogP contribution >= 0.6 is 0 Å². The first-order valence-corrected chi connectivity index (χ1v) is 8.75. The third kappa shape index (κ3) is 3.53. The van der Waals surface area contributed by atoms with Crippen LogP contribution in [0.15, 0.2) is 54.7 Å². The number of aromatic amines is 1. The fraction of sp³-hybridized carbons (Fsp3) is 0.238. The molecular formula is C21H24N3O2+. The van der Waals surface area contributed by atoms with Crippen molar-refractivity contribution in [3.8, 4) is 0 Å². The molecule has 1 amide bonds. The van der Waals surface area contributed by atoms with Crippen LogP contribution in [0.2, 0.25) is 0 Å². The van der Waals surface area contributed by atoms with Gasteiger partial charge in [0.15, 0.2) is 0 Å². The number of H-pyrrole nitrogens is 1. The smallest absolute Gasteiger partial charge is 0.251 e. The molecule has 2 atom stereocenters. The van der Waals surface area contributed by atoms with Crippen molar-refractivity contribution in [3.05, 3.63) is 71.4 Å². The molecule has 0 bridgehead atoms. The number of aromatic nitrogens is 1. The normalized spacial score (nSPS) is 13.3. The number of hydrogen-bond donors (Lipinski definition) is 3. The largest absolute Gasteiger partial charge is 0.360 e. The number of amides is 1. The Bertz CT molecular complexity index is 928. The number of nitrogens with one attached hydrogen (secondary N) is 3. The van der Waals surface area contributed by atoms with Crippen LogP contribution in [0, 0.1) is 0 Å². The number of fused-ring (bicyclic) bond motifs is 1. The van der Waals surface area contributed by atoms with Crippen LogP contribution in [-0.4, -0.2) is 36.8 Å².